The molecule has 0 aliphatic heterocycles. The zero-order chi connectivity index (χ0) is 16.3. The minimum atomic E-state index is -4.49. The van der Waals surface area contributed by atoms with Crippen LogP contribution in [0.15, 0.2) is 42.5 Å². The van der Waals surface area contributed by atoms with Crippen LogP contribution in [-0.2, 0) is 17.4 Å². The summed E-state index contributed by atoms with van der Waals surface area (Å²) in [7, 11) is 0. The van der Waals surface area contributed by atoms with Gasteiger partial charge in [0.25, 0.3) is 0 Å². The molecule has 0 aliphatic rings. The van der Waals surface area contributed by atoms with Gasteiger partial charge in [-0.05, 0) is 30.7 Å². The Bertz CT molecular complexity index is 681. The summed E-state index contributed by atoms with van der Waals surface area (Å²) in [6.07, 6.45) is -4.42. The van der Waals surface area contributed by atoms with Gasteiger partial charge in [0.1, 0.15) is 0 Å². The van der Waals surface area contributed by atoms with Gasteiger partial charge in [0.05, 0.1) is 22.7 Å². The highest BCUT2D eigenvalue weighted by molar-refractivity contribution is 6.33. The van der Waals surface area contributed by atoms with E-state index in [9.17, 15) is 18.0 Å². The molecule has 2 rings (SSSR count). The van der Waals surface area contributed by atoms with E-state index in [1.807, 2.05) is 19.1 Å². The van der Waals surface area contributed by atoms with Crippen LogP contribution in [0.4, 0.5) is 18.9 Å². The molecule has 1 amide bonds. The molecule has 0 saturated carbocycles. The van der Waals surface area contributed by atoms with Crippen LogP contribution in [0.3, 0.4) is 0 Å². The van der Waals surface area contributed by atoms with Crippen molar-refractivity contribution in [3.05, 3.63) is 64.2 Å². The van der Waals surface area contributed by atoms with Gasteiger partial charge < -0.3 is 5.32 Å². The van der Waals surface area contributed by atoms with Crippen molar-refractivity contribution in [2.45, 2.75) is 19.5 Å². The maximum atomic E-state index is 12.7. The van der Waals surface area contributed by atoms with Crippen molar-refractivity contribution < 1.29 is 18.0 Å². The van der Waals surface area contributed by atoms with Gasteiger partial charge in [-0.3, -0.25) is 4.79 Å². The van der Waals surface area contributed by atoms with E-state index in [-0.39, 0.29) is 17.1 Å². The molecule has 0 heterocycles. The van der Waals surface area contributed by atoms with Crippen LogP contribution in [0.5, 0.6) is 0 Å². The summed E-state index contributed by atoms with van der Waals surface area (Å²) in [6, 6.07) is 10.1. The average Bonchev–Trinajstić information content (AvgIpc) is 2.42. The Hall–Kier alpha value is -2.01. The van der Waals surface area contributed by atoms with Crippen molar-refractivity contribution in [1.29, 1.82) is 0 Å². The number of benzene rings is 2. The maximum Gasteiger partial charge on any atom is 0.416 e. The minimum Gasteiger partial charge on any atom is -0.324 e. The Morgan fingerprint density at radius 1 is 1.14 bits per heavy atom. The van der Waals surface area contributed by atoms with Crippen LogP contribution in [0, 0.1) is 6.92 Å². The minimum absolute atomic E-state index is 0.0476. The Labute approximate surface area is 130 Å². The summed E-state index contributed by atoms with van der Waals surface area (Å²) in [4.78, 5) is 11.9. The van der Waals surface area contributed by atoms with E-state index in [0.29, 0.717) is 0 Å². The molecule has 116 valence electrons. The Kier molecular flexibility index (Phi) is 4.76. The Morgan fingerprint density at radius 2 is 1.77 bits per heavy atom. The number of hydrogen-bond donors (Lipinski definition) is 1. The van der Waals surface area contributed by atoms with Crippen molar-refractivity contribution in [3.63, 3.8) is 0 Å². The largest absolute Gasteiger partial charge is 0.416 e. The Balaban J connectivity index is 2.12. The monoisotopic (exact) mass is 327 g/mol. The number of amides is 1. The molecule has 0 fully saturated rings. The predicted octanol–water partition coefficient (Wildman–Crippen LogP) is 4.85. The van der Waals surface area contributed by atoms with Crippen LogP contribution in [0.25, 0.3) is 0 Å². The quantitative estimate of drug-likeness (QED) is 0.858. The highest BCUT2D eigenvalue weighted by Crippen LogP contribution is 2.33. The highest BCUT2D eigenvalue weighted by Gasteiger charge is 2.31. The second kappa shape index (κ2) is 6.40. The third-order valence-electron chi connectivity index (χ3n) is 3.05. The number of hydrogen-bond acceptors (Lipinski definition) is 1. The molecular weight excluding hydrogens is 315 g/mol. The number of rotatable bonds is 3. The van der Waals surface area contributed by atoms with E-state index in [1.165, 1.54) is 0 Å². The molecule has 0 spiro atoms. The topological polar surface area (TPSA) is 29.1 Å². The lowest BCUT2D eigenvalue weighted by Crippen LogP contribution is -2.15. The standard InChI is InChI=1S/C16H13ClF3NO/c1-10-2-4-11(5-3-10)8-15(22)21-14-9-12(16(18,19)20)6-7-13(14)17/h2-7,9H,8H2,1H3,(H,21,22). The first-order valence-corrected chi connectivity index (χ1v) is 6.85. The number of alkyl halides is 3. The van der Waals surface area contributed by atoms with E-state index in [4.69, 9.17) is 11.6 Å². The molecule has 0 saturated heterocycles. The van der Waals surface area contributed by atoms with E-state index < -0.39 is 17.6 Å². The number of nitrogens with one attached hydrogen (secondary N) is 1. The predicted molar refractivity (Wildman–Crippen MR) is 80.0 cm³/mol. The normalized spacial score (nSPS) is 11.3. The SMILES string of the molecule is Cc1ccc(CC(=O)Nc2cc(C(F)(F)F)ccc2Cl)cc1. The number of carbonyl (C=O) groups is 1. The van der Waals surface area contributed by atoms with E-state index >= 15 is 0 Å². The summed E-state index contributed by atoms with van der Waals surface area (Å²) in [6.45, 7) is 1.92. The third kappa shape index (κ3) is 4.24. The van der Waals surface area contributed by atoms with Gasteiger partial charge in [-0.1, -0.05) is 41.4 Å². The summed E-state index contributed by atoms with van der Waals surface area (Å²) < 4.78 is 38.0. The summed E-state index contributed by atoms with van der Waals surface area (Å²) in [5, 5.41) is 2.48. The van der Waals surface area contributed by atoms with Crippen LogP contribution in [-0.4, -0.2) is 5.91 Å². The van der Waals surface area contributed by atoms with Crippen molar-refractivity contribution in [2.75, 3.05) is 5.32 Å². The number of carbonyl (C=O) groups excluding carboxylic acids is 1. The van der Waals surface area contributed by atoms with Gasteiger partial charge in [0.15, 0.2) is 0 Å². The van der Waals surface area contributed by atoms with Crippen LogP contribution < -0.4 is 5.32 Å². The second-order valence-electron chi connectivity index (χ2n) is 4.90. The molecular formula is C16H13ClF3NO. The number of halogens is 4. The van der Waals surface area contributed by atoms with E-state index in [1.54, 1.807) is 12.1 Å². The molecule has 6 heteroatoms. The second-order valence-corrected chi connectivity index (χ2v) is 5.31. The zero-order valence-electron chi connectivity index (χ0n) is 11.7. The van der Waals surface area contributed by atoms with Crippen molar-refractivity contribution in [1.82, 2.24) is 0 Å². The highest BCUT2D eigenvalue weighted by atomic mass is 35.5. The lowest BCUT2D eigenvalue weighted by Gasteiger charge is -2.11. The van der Waals surface area contributed by atoms with E-state index in [0.717, 1.165) is 29.3 Å². The molecule has 2 nitrogen and oxygen atoms in total. The van der Waals surface area contributed by atoms with E-state index in [2.05, 4.69) is 5.32 Å². The molecule has 1 N–H and O–H groups in total. The summed E-state index contributed by atoms with van der Waals surface area (Å²) in [5.74, 6) is -0.426. The molecule has 22 heavy (non-hydrogen) atoms. The first kappa shape index (κ1) is 16.4. The lowest BCUT2D eigenvalue weighted by molar-refractivity contribution is -0.137. The smallest absolute Gasteiger partial charge is 0.324 e. The van der Waals surface area contributed by atoms with Crippen molar-refractivity contribution in [2.24, 2.45) is 0 Å². The van der Waals surface area contributed by atoms with Gasteiger partial charge in [0.2, 0.25) is 5.91 Å². The van der Waals surface area contributed by atoms with Crippen LogP contribution >= 0.6 is 11.6 Å². The van der Waals surface area contributed by atoms with Crippen LogP contribution in [0.2, 0.25) is 5.02 Å². The summed E-state index contributed by atoms with van der Waals surface area (Å²) >= 11 is 5.83. The molecule has 0 aromatic heterocycles. The third-order valence-corrected chi connectivity index (χ3v) is 3.38. The van der Waals surface area contributed by atoms with Gasteiger partial charge >= 0.3 is 6.18 Å². The lowest BCUT2D eigenvalue weighted by atomic mass is 10.1. The van der Waals surface area contributed by atoms with Gasteiger partial charge in [-0.2, -0.15) is 13.2 Å². The summed E-state index contributed by atoms with van der Waals surface area (Å²) in [5.41, 5.74) is 0.924. The number of anilines is 1. The zero-order valence-corrected chi connectivity index (χ0v) is 12.4. The molecule has 0 unspecified atom stereocenters. The molecule has 0 atom stereocenters. The average molecular weight is 328 g/mol. The van der Waals surface area contributed by atoms with Crippen molar-refractivity contribution in [3.8, 4) is 0 Å². The van der Waals surface area contributed by atoms with Crippen molar-refractivity contribution >= 4 is 23.2 Å². The fourth-order valence-electron chi connectivity index (χ4n) is 1.88. The van der Waals surface area contributed by atoms with Gasteiger partial charge in [0, 0.05) is 0 Å². The fourth-order valence-corrected chi connectivity index (χ4v) is 2.05. The molecule has 0 bridgehead atoms. The molecule has 2 aromatic rings. The number of aryl methyl sites for hydroxylation is 1. The Morgan fingerprint density at radius 3 is 2.36 bits per heavy atom. The fraction of sp³-hybridized carbons (Fsp3) is 0.188. The maximum absolute atomic E-state index is 12.7. The van der Waals surface area contributed by atoms with Crippen LogP contribution in [0.1, 0.15) is 16.7 Å². The molecule has 2 aromatic carbocycles. The molecule has 0 aliphatic carbocycles. The van der Waals surface area contributed by atoms with Gasteiger partial charge in [-0.15, -0.1) is 0 Å². The van der Waals surface area contributed by atoms with Gasteiger partial charge in [-0.25, -0.2) is 0 Å². The molecule has 0 radical (unpaired) electrons. The first-order chi connectivity index (χ1) is 10.3. The first-order valence-electron chi connectivity index (χ1n) is 6.48.